The molecule has 5 nitrogen and oxygen atoms in total. The molecule has 2 heterocycles. The molecule has 20 heavy (non-hydrogen) atoms. The summed E-state index contributed by atoms with van der Waals surface area (Å²) >= 11 is 0. The van der Waals surface area contributed by atoms with Crippen LogP contribution < -0.4 is 0 Å². The molecule has 3 aromatic rings. The van der Waals surface area contributed by atoms with Crippen LogP contribution in [0.2, 0.25) is 0 Å². The van der Waals surface area contributed by atoms with Gasteiger partial charge in [-0.15, -0.1) is 0 Å². The van der Waals surface area contributed by atoms with Gasteiger partial charge < -0.3 is 9.09 Å². The Morgan fingerprint density at radius 1 is 1.35 bits per heavy atom. The van der Waals surface area contributed by atoms with Crippen LogP contribution in [0.5, 0.6) is 0 Å². The smallest absolute Gasteiger partial charge is 0.229 e. The minimum absolute atomic E-state index is 0.479. The molecule has 1 fully saturated rings. The lowest BCUT2D eigenvalue weighted by atomic mass is 10.2. The molecule has 2 aromatic heterocycles. The molecular weight excluding hydrogens is 254 g/mol. The van der Waals surface area contributed by atoms with Crippen molar-refractivity contribution >= 4 is 17.2 Å². The van der Waals surface area contributed by atoms with E-state index in [1.165, 1.54) is 0 Å². The van der Waals surface area contributed by atoms with Crippen LogP contribution in [0, 0.1) is 0 Å². The van der Waals surface area contributed by atoms with E-state index in [2.05, 4.69) is 14.7 Å². The van der Waals surface area contributed by atoms with Gasteiger partial charge in [0.2, 0.25) is 5.89 Å². The molecule has 1 saturated carbocycles. The number of rotatable bonds is 4. The molecule has 0 atom stereocenters. The van der Waals surface area contributed by atoms with Crippen molar-refractivity contribution in [2.45, 2.75) is 25.3 Å². The van der Waals surface area contributed by atoms with Crippen molar-refractivity contribution in [3.8, 4) is 0 Å². The quantitative estimate of drug-likeness (QED) is 0.682. The summed E-state index contributed by atoms with van der Waals surface area (Å²) in [5.74, 6) is 1.94. The van der Waals surface area contributed by atoms with Crippen LogP contribution in [0.4, 0.5) is 0 Å². The fourth-order valence-electron chi connectivity index (χ4n) is 2.41. The van der Waals surface area contributed by atoms with Crippen molar-refractivity contribution in [3.05, 3.63) is 47.7 Å². The molecule has 0 bridgehead atoms. The average molecular weight is 267 g/mol. The van der Waals surface area contributed by atoms with E-state index in [0.29, 0.717) is 23.9 Å². The predicted molar refractivity (Wildman–Crippen MR) is 72.7 cm³/mol. The normalized spacial score (nSPS) is 14.8. The Hall–Kier alpha value is -2.43. The van der Waals surface area contributed by atoms with Crippen LogP contribution in [0.25, 0.3) is 10.9 Å². The first-order valence-corrected chi connectivity index (χ1v) is 6.70. The highest BCUT2D eigenvalue weighted by atomic mass is 16.5. The van der Waals surface area contributed by atoms with E-state index >= 15 is 0 Å². The van der Waals surface area contributed by atoms with Gasteiger partial charge in [0.05, 0.1) is 6.54 Å². The van der Waals surface area contributed by atoms with E-state index < -0.39 is 0 Å². The monoisotopic (exact) mass is 267 g/mol. The highest BCUT2D eigenvalue weighted by Gasteiger charge is 2.29. The van der Waals surface area contributed by atoms with E-state index in [-0.39, 0.29) is 0 Å². The Bertz CT molecular complexity index is 783. The number of fused-ring (bicyclic) bond motifs is 1. The van der Waals surface area contributed by atoms with Gasteiger partial charge in [0.15, 0.2) is 5.82 Å². The Kier molecular flexibility index (Phi) is 2.45. The summed E-state index contributed by atoms with van der Waals surface area (Å²) in [7, 11) is 0. The highest BCUT2D eigenvalue weighted by molar-refractivity contribution is 5.87. The molecule has 0 radical (unpaired) electrons. The first-order valence-electron chi connectivity index (χ1n) is 6.70. The molecule has 5 heteroatoms. The second-order valence-electron chi connectivity index (χ2n) is 5.20. The molecule has 0 N–H and O–H groups in total. The molecule has 0 amide bonds. The number of hydrogen-bond acceptors (Lipinski definition) is 4. The minimum atomic E-state index is 0.479. The number of aromatic nitrogens is 3. The van der Waals surface area contributed by atoms with Crippen LogP contribution in [0.3, 0.4) is 0 Å². The Morgan fingerprint density at radius 3 is 3.05 bits per heavy atom. The first kappa shape index (κ1) is 11.4. The molecule has 0 saturated heterocycles. The van der Waals surface area contributed by atoms with Crippen molar-refractivity contribution in [3.63, 3.8) is 0 Å². The Morgan fingerprint density at radius 2 is 2.25 bits per heavy atom. The van der Waals surface area contributed by atoms with Crippen molar-refractivity contribution in [2.24, 2.45) is 0 Å². The minimum Gasteiger partial charge on any atom is -0.340 e. The van der Waals surface area contributed by atoms with Gasteiger partial charge in [0.25, 0.3) is 0 Å². The molecular formula is C15H13N3O2. The van der Waals surface area contributed by atoms with Gasteiger partial charge in [-0.2, -0.15) is 4.98 Å². The lowest BCUT2D eigenvalue weighted by molar-refractivity contribution is 0.112. The molecule has 1 aromatic carbocycles. The van der Waals surface area contributed by atoms with Gasteiger partial charge in [0.1, 0.15) is 6.29 Å². The maximum Gasteiger partial charge on any atom is 0.229 e. The fraction of sp³-hybridized carbons (Fsp3) is 0.267. The van der Waals surface area contributed by atoms with E-state index in [4.69, 9.17) is 4.52 Å². The first-order chi connectivity index (χ1) is 9.83. The highest BCUT2D eigenvalue weighted by Crippen LogP contribution is 2.38. The molecule has 100 valence electrons. The predicted octanol–water partition coefficient (Wildman–Crippen LogP) is 2.76. The zero-order chi connectivity index (χ0) is 13.5. The largest absolute Gasteiger partial charge is 0.340 e. The molecule has 0 aliphatic heterocycles. The van der Waals surface area contributed by atoms with Crippen LogP contribution in [-0.4, -0.2) is 21.0 Å². The fourth-order valence-corrected chi connectivity index (χ4v) is 2.41. The van der Waals surface area contributed by atoms with Gasteiger partial charge in [-0.25, -0.2) is 0 Å². The molecule has 0 spiro atoms. The van der Waals surface area contributed by atoms with Crippen molar-refractivity contribution in [2.75, 3.05) is 0 Å². The van der Waals surface area contributed by atoms with Crippen LogP contribution in [0.1, 0.15) is 40.8 Å². The third kappa shape index (κ3) is 1.91. The van der Waals surface area contributed by atoms with Crippen LogP contribution >= 0.6 is 0 Å². The standard InChI is InChI=1S/C15H13N3O2/c19-9-10-1-4-13-12(7-10)5-6-18(13)8-14-16-15(20-17-14)11-2-3-11/h1,4-7,9,11H,2-3,8H2. The van der Waals surface area contributed by atoms with E-state index in [0.717, 1.165) is 35.9 Å². The zero-order valence-corrected chi connectivity index (χ0v) is 10.8. The molecule has 0 unspecified atom stereocenters. The lowest BCUT2D eigenvalue weighted by Crippen LogP contribution is -2.00. The number of carbonyl (C=O) groups is 1. The van der Waals surface area contributed by atoms with Gasteiger partial charge in [0, 0.05) is 28.6 Å². The number of benzene rings is 1. The molecule has 1 aliphatic rings. The van der Waals surface area contributed by atoms with Gasteiger partial charge in [-0.1, -0.05) is 5.16 Å². The maximum absolute atomic E-state index is 10.8. The second-order valence-corrected chi connectivity index (χ2v) is 5.20. The van der Waals surface area contributed by atoms with Gasteiger partial charge in [-0.3, -0.25) is 4.79 Å². The third-order valence-corrected chi connectivity index (χ3v) is 3.65. The van der Waals surface area contributed by atoms with Crippen molar-refractivity contribution in [1.29, 1.82) is 0 Å². The molecule has 1 aliphatic carbocycles. The summed E-state index contributed by atoms with van der Waals surface area (Å²) in [6.07, 6.45) is 5.15. The maximum atomic E-state index is 10.8. The van der Waals surface area contributed by atoms with E-state index in [1.807, 2.05) is 30.5 Å². The number of nitrogens with zero attached hydrogens (tertiary/aromatic N) is 3. The van der Waals surface area contributed by atoms with Gasteiger partial charge in [-0.05, 0) is 37.1 Å². The van der Waals surface area contributed by atoms with Crippen LogP contribution in [0.15, 0.2) is 35.0 Å². The van der Waals surface area contributed by atoms with E-state index in [9.17, 15) is 4.79 Å². The van der Waals surface area contributed by atoms with E-state index in [1.54, 1.807) is 0 Å². The van der Waals surface area contributed by atoms with Crippen molar-refractivity contribution in [1.82, 2.24) is 14.7 Å². The number of carbonyl (C=O) groups excluding carboxylic acids is 1. The number of hydrogen-bond donors (Lipinski definition) is 0. The van der Waals surface area contributed by atoms with Gasteiger partial charge >= 0.3 is 0 Å². The number of aldehydes is 1. The SMILES string of the molecule is O=Cc1ccc2c(ccn2Cc2noc(C3CC3)n2)c1. The summed E-state index contributed by atoms with van der Waals surface area (Å²) in [6, 6.07) is 7.63. The second kappa shape index (κ2) is 4.30. The molecule has 4 rings (SSSR count). The lowest BCUT2D eigenvalue weighted by Gasteiger charge is -2.01. The summed E-state index contributed by atoms with van der Waals surface area (Å²) in [5, 5.41) is 5.07. The summed E-state index contributed by atoms with van der Waals surface area (Å²) in [5.41, 5.74) is 1.75. The summed E-state index contributed by atoms with van der Waals surface area (Å²) in [4.78, 5) is 15.2. The van der Waals surface area contributed by atoms with Crippen LogP contribution in [-0.2, 0) is 6.54 Å². The topological polar surface area (TPSA) is 60.9 Å². The van der Waals surface area contributed by atoms with Crippen molar-refractivity contribution < 1.29 is 9.32 Å². The summed E-state index contributed by atoms with van der Waals surface area (Å²) in [6.45, 7) is 0.583. The Balaban J connectivity index is 1.65. The Labute approximate surface area is 115 Å². The third-order valence-electron chi connectivity index (χ3n) is 3.65. The zero-order valence-electron chi connectivity index (χ0n) is 10.8. The average Bonchev–Trinajstić information content (AvgIpc) is 3.10. The summed E-state index contributed by atoms with van der Waals surface area (Å²) < 4.78 is 7.33.